The molecule has 1 aliphatic heterocycles. The predicted octanol–water partition coefficient (Wildman–Crippen LogP) is 5.06. The molecule has 27 heavy (non-hydrogen) atoms. The molecule has 1 atom stereocenters. The fraction of sp³-hybridized carbons (Fsp3) is 0.250. The molecule has 1 unspecified atom stereocenters. The lowest BCUT2D eigenvalue weighted by atomic mass is 9.97. The van der Waals surface area contributed by atoms with Gasteiger partial charge in [-0.3, -0.25) is 4.79 Å². The van der Waals surface area contributed by atoms with Gasteiger partial charge >= 0.3 is 0 Å². The van der Waals surface area contributed by atoms with Crippen molar-refractivity contribution in [3.63, 3.8) is 0 Å². The number of benzene rings is 2. The van der Waals surface area contributed by atoms with Crippen molar-refractivity contribution in [3.05, 3.63) is 70.0 Å². The van der Waals surface area contributed by atoms with E-state index in [9.17, 15) is 4.79 Å². The minimum absolute atomic E-state index is 0.00573. The molecule has 1 saturated heterocycles. The van der Waals surface area contributed by atoms with Gasteiger partial charge in [0.15, 0.2) is 0 Å². The first kappa shape index (κ1) is 18.0. The Morgan fingerprint density at radius 3 is 2.41 bits per heavy atom. The van der Waals surface area contributed by atoms with E-state index in [-0.39, 0.29) is 11.8 Å². The van der Waals surface area contributed by atoms with Crippen LogP contribution in [0.3, 0.4) is 0 Å². The lowest BCUT2D eigenvalue weighted by molar-refractivity contribution is 0.0695. The number of hydrogen-bond acceptors (Lipinski definition) is 4. The molecule has 2 aromatic carbocycles. The zero-order chi connectivity index (χ0) is 18.8. The van der Waals surface area contributed by atoms with Crippen molar-refractivity contribution in [1.82, 2.24) is 15.0 Å². The number of aromatic nitrogens is 2. The van der Waals surface area contributed by atoms with Crippen LogP contribution in [0.2, 0.25) is 10.0 Å². The van der Waals surface area contributed by atoms with Crippen molar-refractivity contribution in [3.8, 4) is 11.4 Å². The maximum absolute atomic E-state index is 12.8. The molecule has 0 aliphatic carbocycles. The van der Waals surface area contributed by atoms with E-state index in [1.54, 1.807) is 36.4 Å². The summed E-state index contributed by atoms with van der Waals surface area (Å²) in [6, 6.07) is 14.3. The van der Waals surface area contributed by atoms with Crippen molar-refractivity contribution in [2.24, 2.45) is 0 Å². The third-order valence-corrected chi connectivity index (χ3v) is 5.20. The standard InChI is InChI=1S/C20H17Cl2N3O2/c21-16-7-3-13(4-8-16)18-23-19(27-24-18)15-2-1-11-25(12-15)20(26)14-5-9-17(22)10-6-14/h3-10,15H,1-2,11-12H2. The highest BCUT2D eigenvalue weighted by molar-refractivity contribution is 6.30. The van der Waals surface area contributed by atoms with Gasteiger partial charge in [-0.05, 0) is 61.4 Å². The van der Waals surface area contributed by atoms with Crippen molar-refractivity contribution in [2.45, 2.75) is 18.8 Å². The minimum Gasteiger partial charge on any atom is -0.339 e. The molecule has 0 N–H and O–H groups in total. The lowest BCUT2D eigenvalue weighted by Gasteiger charge is -2.31. The summed E-state index contributed by atoms with van der Waals surface area (Å²) < 4.78 is 5.49. The molecule has 1 aliphatic rings. The van der Waals surface area contributed by atoms with Gasteiger partial charge < -0.3 is 9.42 Å². The third-order valence-electron chi connectivity index (χ3n) is 4.69. The van der Waals surface area contributed by atoms with Crippen LogP contribution < -0.4 is 0 Å². The van der Waals surface area contributed by atoms with E-state index in [2.05, 4.69) is 10.1 Å². The van der Waals surface area contributed by atoms with Crippen LogP contribution in [-0.2, 0) is 0 Å². The van der Waals surface area contributed by atoms with Gasteiger partial charge in [-0.2, -0.15) is 4.98 Å². The Hall–Kier alpha value is -2.37. The van der Waals surface area contributed by atoms with Crippen LogP contribution in [0.1, 0.15) is 35.0 Å². The minimum atomic E-state index is -0.00573. The van der Waals surface area contributed by atoms with Crippen molar-refractivity contribution < 1.29 is 9.32 Å². The van der Waals surface area contributed by atoms with Crippen molar-refractivity contribution in [2.75, 3.05) is 13.1 Å². The number of likely N-dealkylation sites (tertiary alicyclic amines) is 1. The van der Waals surface area contributed by atoms with Gasteiger partial charge in [-0.15, -0.1) is 0 Å². The predicted molar refractivity (Wildman–Crippen MR) is 104 cm³/mol. The molecule has 4 rings (SSSR count). The van der Waals surface area contributed by atoms with E-state index >= 15 is 0 Å². The first-order valence-electron chi connectivity index (χ1n) is 8.74. The fourth-order valence-electron chi connectivity index (χ4n) is 3.26. The Balaban J connectivity index is 1.49. The number of rotatable bonds is 3. The number of nitrogens with zero attached hydrogens (tertiary/aromatic N) is 3. The largest absolute Gasteiger partial charge is 0.339 e. The summed E-state index contributed by atoms with van der Waals surface area (Å²) in [6.07, 6.45) is 1.80. The second-order valence-electron chi connectivity index (χ2n) is 6.56. The maximum atomic E-state index is 12.8. The smallest absolute Gasteiger partial charge is 0.253 e. The van der Waals surface area contributed by atoms with Crippen LogP contribution in [-0.4, -0.2) is 34.0 Å². The van der Waals surface area contributed by atoms with Gasteiger partial charge in [0, 0.05) is 34.3 Å². The molecule has 138 valence electrons. The first-order chi connectivity index (χ1) is 13.1. The van der Waals surface area contributed by atoms with Crippen LogP contribution in [0.4, 0.5) is 0 Å². The molecule has 5 nitrogen and oxygen atoms in total. The van der Waals surface area contributed by atoms with E-state index in [1.807, 2.05) is 17.0 Å². The number of amides is 1. The van der Waals surface area contributed by atoms with Gasteiger partial charge in [0.1, 0.15) is 0 Å². The molecule has 3 aromatic rings. The number of piperidine rings is 1. The first-order valence-corrected chi connectivity index (χ1v) is 9.50. The third kappa shape index (κ3) is 3.99. The highest BCUT2D eigenvalue weighted by Crippen LogP contribution is 2.29. The number of hydrogen-bond donors (Lipinski definition) is 0. The summed E-state index contributed by atoms with van der Waals surface area (Å²) in [6.45, 7) is 1.28. The topological polar surface area (TPSA) is 59.2 Å². The molecule has 2 heterocycles. The fourth-order valence-corrected chi connectivity index (χ4v) is 3.51. The second-order valence-corrected chi connectivity index (χ2v) is 7.43. The van der Waals surface area contributed by atoms with Crippen LogP contribution in [0, 0.1) is 0 Å². The summed E-state index contributed by atoms with van der Waals surface area (Å²) in [7, 11) is 0. The Labute approximate surface area is 166 Å². The highest BCUT2D eigenvalue weighted by atomic mass is 35.5. The normalized spacial score (nSPS) is 17.1. The van der Waals surface area contributed by atoms with Crippen molar-refractivity contribution in [1.29, 1.82) is 0 Å². The van der Waals surface area contributed by atoms with E-state index in [4.69, 9.17) is 27.7 Å². The molecular weight excluding hydrogens is 385 g/mol. The Morgan fingerprint density at radius 2 is 1.70 bits per heavy atom. The van der Waals surface area contributed by atoms with E-state index in [0.29, 0.717) is 33.9 Å². The van der Waals surface area contributed by atoms with Gasteiger partial charge in [0.2, 0.25) is 11.7 Å². The second kappa shape index (κ2) is 7.71. The Kier molecular flexibility index (Phi) is 5.14. The van der Waals surface area contributed by atoms with Crippen LogP contribution in [0.25, 0.3) is 11.4 Å². The summed E-state index contributed by atoms with van der Waals surface area (Å²) in [5, 5.41) is 5.35. The maximum Gasteiger partial charge on any atom is 0.253 e. The van der Waals surface area contributed by atoms with Crippen LogP contribution >= 0.6 is 23.2 Å². The number of halogens is 2. The van der Waals surface area contributed by atoms with Gasteiger partial charge in [-0.1, -0.05) is 28.4 Å². The SMILES string of the molecule is O=C(c1ccc(Cl)cc1)N1CCCC(c2nc(-c3ccc(Cl)cc3)no2)C1. The molecule has 0 bridgehead atoms. The van der Waals surface area contributed by atoms with Gasteiger partial charge in [-0.25, -0.2) is 0 Å². The summed E-state index contributed by atoms with van der Waals surface area (Å²) in [5.74, 6) is 1.12. The zero-order valence-corrected chi connectivity index (χ0v) is 16.0. The lowest BCUT2D eigenvalue weighted by Crippen LogP contribution is -2.39. The van der Waals surface area contributed by atoms with E-state index in [1.165, 1.54) is 0 Å². The van der Waals surface area contributed by atoms with Crippen LogP contribution in [0.15, 0.2) is 53.1 Å². The quantitative estimate of drug-likeness (QED) is 0.614. The summed E-state index contributed by atoms with van der Waals surface area (Å²) in [4.78, 5) is 19.1. The Morgan fingerprint density at radius 1 is 1.04 bits per heavy atom. The van der Waals surface area contributed by atoms with Crippen molar-refractivity contribution >= 4 is 29.1 Å². The molecule has 0 radical (unpaired) electrons. The Bertz CT molecular complexity index is 939. The summed E-state index contributed by atoms with van der Waals surface area (Å²) >= 11 is 11.8. The van der Waals surface area contributed by atoms with Crippen LogP contribution in [0.5, 0.6) is 0 Å². The van der Waals surface area contributed by atoms with E-state index in [0.717, 1.165) is 24.9 Å². The number of carbonyl (C=O) groups excluding carboxylic acids is 1. The average Bonchev–Trinajstić information content (AvgIpc) is 3.19. The van der Waals surface area contributed by atoms with Gasteiger partial charge in [0.25, 0.3) is 5.91 Å². The average molecular weight is 402 g/mol. The molecule has 1 amide bonds. The zero-order valence-electron chi connectivity index (χ0n) is 14.4. The molecule has 0 saturated carbocycles. The summed E-state index contributed by atoms with van der Waals surface area (Å²) in [5.41, 5.74) is 1.48. The monoisotopic (exact) mass is 401 g/mol. The highest BCUT2D eigenvalue weighted by Gasteiger charge is 2.29. The molecule has 0 spiro atoms. The molecule has 1 fully saturated rings. The molecule has 7 heteroatoms. The molecule has 1 aromatic heterocycles. The van der Waals surface area contributed by atoms with Gasteiger partial charge in [0.05, 0.1) is 5.92 Å². The molecular formula is C20H17Cl2N3O2. The number of carbonyl (C=O) groups is 1. The van der Waals surface area contributed by atoms with E-state index < -0.39 is 0 Å².